The van der Waals surface area contributed by atoms with E-state index < -0.39 is 0 Å². The van der Waals surface area contributed by atoms with Crippen molar-refractivity contribution in [2.45, 2.75) is 5.75 Å². The first kappa shape index (κ1) is 12.8. The molecule has 0 aliphatic carbocycles. The number of thiol groups is 1. The summed E-state index contributed by atoms with van der Waals surface area (Å²) >= 11 is 8.06. The van der Waals surface area contributed by atoms with E-state index in [4.69, 9.17) is 0 Å². The Morgan fingerprint density at radius 2 is 1.42 bits per heavy atom. The van der Waals surface area contributed by atoms with Crippen molar-refractivity contribution in [1.82, 2.24) is 0 Å². The normalized spacial score (nSPS) is 10.8. The summed E-state index contributed by atoms with van der Waals surface area (Å²) in [5.41, 5.74) is 3.79. The fourth-order valence-electron chi connectivity index (χ4n) is 2.42. The molecule has 0 aromatic heterocycles. The molecule has 0 atom stereocenters. The standard InChI is InChI=1S/C17H13BrS/c18-17-10-9-15(14-7-3-4-8-16(14)17)13-6-2-1-5-12(13)11-19/h1-10,19H,11H2. The highest BCUT2D eigenvalue weighted by molar-refractivity contribution is 9.10. The Balaban J connectivity index is 2.34. The van der Waals surface area contributed by atoms with Crippen molar-refractivity contribution >= 4 is 39.3 Å². The van der Waals surface area contributed by atoms with E-state index >= 15 is 0 Å². The van der Waals surface area contributed by atoms with Gasteiger partial charge < -0.3 is 0 Å². The first-order valence-electron chi connectivity index (χ1n) is 6.17. The van der Waals surface area contributed by atoms with Gasteiger partial charge in [-0.15, -0.1) is 0 Å². The van der Waals surface area contributed by atoms with Crippen LogP contribution >= 0.6 is 28.6 Å². The fourth-order valence-corrected chi connectivity index (χ4v) is 3.17. The van der Waals surface area contributed by atoms with Gasteiger partial charge in [-0.2, -0.15) is 12.6 Å². The molecule has 3 rings (SSSR count). The Bertz CT molecular complexity index is 734. The van der Waals surface area contributed by atoms with Crippen LogP contribution in [0.15, 0.2) is 65.1 Å². The molecule has 0 aliphatic rings. The molecule has 0 nitrogen and oxygen atoms in total. The molecule has 2 heteroatoms. The molecule has 0 bridgehead atoms. The molecule has 0 heterocycles. The highest BCUT2D eigenvalue weighted by Crippen LogP contribution is 2.35. The van der Waals surface area contributed by atoms with Crippen LogP contribution in [0.3, 0.4) is 0 Å². The number of benzene rings is 3. The van der Waals surface area contributed by atoms with Crippen molar-refractivity contribution in [2.75, 3.05) is 0 Å². The molecule has 3 aromatic carbocycles. The largest absolute Gasteiger partial charge is 0.175 e. The van der Waals surface area contributed by atoms with Crippen LogP contribution in [0.25, 0.3) is 21.9 Å². The van der Waals surface area contributed by atoms with Crippen LogP contribution in [0.2, 0.25) is 0 Å². The highest BCUT2D eigenvalue weighted by atomic mass is 79.9. The van der Waals surface area contributed by atoms with Gasteiger partial charge in [0.15, 0.2) is 0 Å². The molecule has 0 saturated carbocycles. The maximum Gasteiger partial charge on any atom is 0.0254 e. The second kappa shape index (κ2) is 5.40. The Morgan fingerprint density at radius 3 is 2.21 bits per heavy atom. The van der Waals surface area contributed by atoms with Crippen LogP contribution in [0, 0.1) is 0 Å². The Kier molecular flexibility index (Phi) is 3.63. The molecule has 0 saturated heterocycles. The van der Waals surface area contributed by atoms with Gasteiger partial charge in [0.25, 0.3) is 0 Å². The third-order valence-electron chi connectivity index (χ3n) is 3.35. The summed E-state index contributed by atoms with van der Waals surface area (Å²) in [5.74, 6) is 0.751. The monoisotopic (exact) mass is 328 g/mol. The van der Waals surface area contributed by atoms with Gasteiger partial charge >= 0.3 is 0 Å². The van der Waals surface area contributed by atoms with Gasteiger partial charge in [-0.25, -0.2) is 0 Å². The lowest BCUT2D eigenvalue weighted by atomic mass is 9.95. The summed E-state index contributed by atoms with van der Waals surface area (Å²) in [7, 11) is 0. The number of hydrogen-bond acceptors (Lipinski definition) is 1. The maximum atomic E-state index is 4.44. The molecular weight excluding hydrogens is 316 g/mol. The van der Waals surface area contributed by atoms with Crippen molar-refractivity contribution in [3.8, 4) is 11.1 Å². The lowest BCUT2D eigenvalue weighted by Gasteiger charge is -2.12. The number of fused-ring (bicyclic) bond motifs is 1. The van der Waals surface area contributed by atoms with E-state index in [1.807, 2.05) is 0 Å². The summed E-state index contributed by atoms with van der Waals surface area (Å²) in [5, 5.41) is 2.51. The van der Waals surface area contributed by atoms with Crippen LogP contribution in [0.4, 0.5) is 0 Å². The topological polar surface area (TPSA) is 0 Å². The zero-order valence-corrected chi connectivity index (χ0v) is 12.8. The summed E-state index contributed by atoms with van der Waals surface area (Å²) in [6.07, 6.45) is 0. The predicted octanol–water partition coefficient (Wildman–Crippen LogP) is 5.70. The molecule has 0 amide bonds. The van der Waals surface area contributed by atoms with Crippen LogP contribution < -0.4 is 0 Å². The first-order valence-corrected chi connectivity index (χ1v) is 7.60. The maximum absolute atomic E-state index is 4.44. The van der Waals surface area contributed by atoms with E-state index in [1.54, 1.807) is 0 Å². The van der Waals surface area contributed by atoms with Gasteiger partial charge in [-0.3, -0.25) is 0 Å². The summed E-state index contributed by atoms with van der Waals surface area (Å²) < 4.78 is 1.13. The summed E-state index contributed by atoms with van der Waals surface area (Å²) in [4.78, 5) is 0. The van der Waals surface area contributed by atoms with Crippen molar-refractivity contribution in [2.24, 2.45) is 0 Å². The minimum atomic E-state index is 0.751. The first-order chi connectivity index (χ1) is 9.31. The number of rotatable bonds is 2. The molecular formula is C17H13BrS. The molecule has 0 fully saturated rings. The van der Waals surface area contributed by atoms with Gasteiger partial charge in [0.1, 0.15) is 0 Å². The summed E-state index contributed by atoms with van der Waals surface area (Å²) in [6.45, 7) is 0. The van der Waals surface area contributed by atoms with Crippen molar-refractivity contribution in [3.63, 3.8) is 0 Å². The average Bonchev–Trinajstić information content (AvgIpc) is 2.48. The van der Waals surface area contributed by atoms with Gasteiger partial charge in [-0.05, 0) is 33.5 Å². The molecule has 94 valence electrons. The van der Waals surface area contributed by atoms with Gasteiger partial charge in [0, 0.05) is 10.2 Å². The van der Waals surface area contributed by atoms with Crippen molar-refractivity contribution in [3.05, 3.63) is 70.7 Å². The van der Waals surface area contributed by atoms with Gasteiger partial charge in [0.2, 0.25) is 0 Å². The quantitative estimate of drug-likeness (QED) is 0.573. The van der Waals surface area contributed by atoms with E-state index in [1.165, 1.54) is 27.5 Å². The minimum absolute atomic E-state index is 0.751. The third-order valence-corrected chi connectivity index (χ3v) is 4.38. The highest BCUT2D eigenvalue weighted by Gasteiger charge is 2.08. The Labute approximate surface area is 127 Å². The van der Waals surface area contributed by atoms with Crippen LogP contribution in [-0.4, -0.2) is 0 Å². The van der Waals surface area contributed by atoms with Crippen molar-refractivity contribution in [1.29, 1.82) is 0 Å². The predicted molar refractivity (Wildman–Crippen MR) is 89.8 cm³/mol. The second-order valence-corrected chi connectivity index (χ2v) is 5.63. The Hall–Kier alpha value is -1.25. The zero-order valence-electron chi connectivity index (χ0n) is 10.3. The van der Waals surface area contributed by atoms with Gasteiger partial charge in [0.05, 0.1) is 0 Å². The molecule has 19 heavy (non-hydrogen) atoms. The lowest BCUT2D eigenvalue weighted by molar-refractivity contribution is 1.42. The number of halogens is 1. The number of hydrogen-bond donors (Lipinski definition) is 1. The van der Waals surface area contributed by atoms with E-state index in [9.17, 15) is 0 Å². The molecule has 0 aliphatic heterocycles. The van der Waals surface area contributed by atoms with Gasteiger partial charge in [-0.1, -0.05) is 70.5 Å². The van der Waals surface area contributed by atoms with E-state index in [-0.39, 0.29) is 0 Å². The van der Waals surface area contributed by atoms with E-state index in [2.05, 4.69) is 89.2 Å². The van der Waals surface area contributed by atoms with Crippen LogP contribution in [-0.2, 0) is 5.75 Å². The third kappa shape index (κ3) is 2.31. The van der Waals surface area contributed by atoms with Crippen LogP contribution in [0.1, 0.15) is 5.56 Å². The minimum Gasteiger partial charge on any atom is -0.175 e. The molecule has 0 spiro atoms. The lowest BCUT2D eigenvalue weighted by Crippen LogP contribution is -1.88. The second-order valence-electron chi connectivity index (χ2n) is 4.46. The zero-order chi connectivity index (χ0) is 13.2. The molecule has 0 N–H and O–H groups in total. The smallest absolute Gasteiger partial charge is 0.0254 e. The fraction of sp³-hybridized carbons (Fsp3) is 0.0588. The van der Waals surface area contributed by atoms with E-state index in [0.717, 1.165) is 10.2 Å². The average molecular weight is 329 g/mol. The summed E-state index contributed by atoms with van der Waals surface area (Å²) in [6, 6.07) is 21.2. The SMILES string of the molecule is SCc1ccccc1-c1ccc(Br)c2ccccc12. The molecule has 0 radical (unpaired) electrons. The van der Waals surface area contributed by atoms with Crippen molar-refractivity contribution < 1.29 is 0 Å². The van der Waals surface area contributed by atoms with Crippen LogP contribution in [0.5, 0.6) is 0 Å². The molecule has 0 unspecified atom stereocenters. The molecule has 3 aromatic rings. The van der Waals surface area contributed by atoms with E-state index in [0.29, 0.717) is 0 Å². The Morgan fingerprint density at radius 1 is 0.737 bits per heavy atom.